The lowest BCUT2D eigenvalue weighted by atomic mass is 9.99. The van der Waals surface area contributed by atoms with Gasteiger partial charge in [-0.2, -0.15) is 5.26 Å². The van der Waals surface area contributed by atoms with E-state index in [-0.39, 0.29) is 19.1 Å². The van der Waals surface area contributed by atoms with Gasteiger partial charge < -0.3 is 10.0 Å². The monoisotopic (exact) mass is 232 g/mol. The van der Waals surface area contributed by atoms with Crippen molar-refractivity contribution in [2.45, 2.75) is 6.42 Å². The number of likely N-dealkylation sites (N-methyl/N-ethyl adjacent to an activating group) is 1. The summed E-state index contributed by atoms with van der Waals surface area (Å²) in [5, 5.41) is 17.8. The van der Waals surface area contributed by atoms with E-state index in [0.29, 0.717) is 6.42 Å². The molecule has 0 aliphatic carbocycles. The third-order valence-corrected chi connectivity index (χ3v) is 2.55. The van der Waals surface area contributed by atoms with Crippen LogP contribution in [0.2, 0.25) is 0 Å². The highest BCUT2D eigenvalue weighted by molar-refractivity contribution is 5.81. The van der Waals surface area contributed by atoms with Gasteiger partial charge in [-0.3, -0.25) is 4.79 Å². The van der Waals surface area contributed by atoms with Crippen molar-refractivity contribution < 1.29 is 9.90 Å². The van der Waals surface area contributed by atoms with Crippen LogP contribution in [0.4, 0.5) is 0 Å². The SMILES string of the molecule is CN(CCO)C(=O)C(C#N)Cc1ccccc1. The summed E-state index contributed by atoms with van der Waals surface area (Å²) in [6.45, 7) is 0.164. The Morgan fingerprint density at radius 3 is 2.65 bits per heavy atom. The van der Waals surface area contributed by atoms with Gasteiger partial charge in [-0.15, -0.1) is 0 Å². The molecule has 4 nitrogen and oxygen atoms in total. The number of carbonyl (C=O) groups is 1. The number of aliphatic hydroxyl groups is 1. The van der Waals surface area contributed by atoms with Crippen LogP contribution in [-0.4, -0.2) is 36.1 Å². The van der Waals surface area contributed by atoms with E-state index < -0.39 is 5.92 Å². The Kier molecular flexibility index (Phi) is 5.18. The first-order valence-electron chi connectivity index (χ1n) is 5.48. The second-order valence-corrected chi connectivity index (χ2v) is 3.85. The highest BCUT2D eigenvalue weighted by atomic mass is 16.3. The summed E-state index contributed by atoms with van der Waals surface area (Å²) < 4.78 is 0. The van der Waals surface area contributed by atoms with Gasteiger partial charge in [0.25, 0.3) is 0 Å². The van der Waals surface area contributed by atoms with Gasteiger partial charge in [-0.05, 0) is 12.0 Å². The quantitative estimate of drug-likeness (QED) is 0.817. The minimum atomic E-state index is -0.686. The third-order valence-electron chi connectivity index (χ3n) is 2.55. The van der Waals surface area contributed by atoms with E-state index in [9.17, 15) is 4.79 Å². The van der Waals surface area contributed by atoms with Gasteiger partial charge >= 0.3 is 0 Å². The second-order valence-electron chi connectivity index (χ2n) is 3.85. The summed E-state index contributed by atoms with van der Waals surface area (Å²) in [5.41, 5.74) is 0.963. The molecule has 0 aromatic heterocycles. The van der Waals surface area contributed by atoms with Crippen LogP contribution in [0.25, 0.3) is 0 Å². The molecule has 0 saturated carbocycles. The second kappa shape index (κ2) is 6.66. The zero-order chi connectivity index (χ0) is 12.7. The lowest BCUT2D eigenvalue weighted by Gasteiger charge is -2.18. The van der Waals surface area contributed by atoms with Gasteiger partial charge in [0.2, 0.25) is 5.91 Å². The van der Waals surface area contributed by atoms with E-state index in [2.05, 4.69) is 0 Å². The van der Waals surface area contributed by atoms with Crippen LogP contribution in [0.3, 0.4) is 0 Å². The maximum absolute atomic E-state index is 11.9. The minimum Gasteiger partial charge on any atom is -0.395 e. The molecule has 0 heterocycles. The van der Waals surface area contributed by atoms with E-state index in [0.717, 1.165) is 5.56 Å². The standard InChI is InChI=1S/C13H16N2O2/c1-15(7-8-16)13(17)12(10-14)9-11-5-3-2-4-6-11/h2-6,12,16H,7-9H2,1H3. The summed E-state index contributed by atoms with van der Waals surface area (Å²) >= 11 is 0. The number of aliphatic hydroxyl groups excluding tert-OH is 1. The van der Waals surface area contributed by atoms with Crippen LogP contribution in [0.15, 0.2) is 30.3 Å². The Balaban J connectivity index is 2.67. The lowest BCUT2D eigenvalue weighted by Crippen LogP contribution is -2.35. The normalized spacial score (nSPS) is 11.6. The molecule has 0 spiro atoms. The molecular weight excluding hydrogens is 216 g/mol. The third kappa shape index (κ3) is 3.89. The number of hydrogen-bond donors (Lipinski definition) is 1. The molecule has 90 valence electrons. The molecule has 1 amide bonds. The van der Waals surface area contributed by atoms with Crippen LogP contribution in [0, 0.1) is 17.2 Å². The number of benzene rings is 1. The fourth-order valence-corrected chi connectivity index (χ4v) is 1.56. The highest BCUT2D eigenvalue weighted by Gasteiger charge is 2.21. The average Bonchev–Trinajstić information content (AvgIpc) is 2.36. The van der Waals surface area contributed by atoms with E-state index in [4.69, 9.17) is 10.4 Å². The summed E-state index contributed by atoms with van der Waals surface area (Å²) in [6, 6.07) is 11.5. The van der Waals surface area contributed by atoms with Crippen LogP contribution in [0.1, 0.15) is 5.56 Å². The number of nitrogens with zero attached hydrogens (tertiary/aromatic N) is 2. The fourth-order valence-electron chi connectivity index (χ4n) is 1.56. The Bertz CT molecular complexity index is 398. The molecular formula is C13H16N2O2. The topological polar surface area (TPSA) is 64.3 Å². The van der Waals surface area contributed by atoms with E-state index in [1.165, 1.54) is 4.90 Å². The molecule has 1 aromatic carbocycles. The van der Waals surface area contributed by atoms with Crippen molar-refractivity contribution in [2.75, 3.05) is 20.2 Å². The summed E-state index contributed by atoms with van der Waals surface area (Å²) in [6.07, 6.45) is 0.409. The van der Waals surface area contributed by atoms with Crippen LogP contribution < -0.4 is 0 Å². The predicted octanol–water partition coefficient (Wildman–Crippen LogP) is 0.820. The maximum atomic E-state index is 11.9. The van der Waals surface area contributed by atoms with Crippen molar-refractivity contribution in [2.24, 2.45) is 5.92 Å². The largest absolute Gasteiger partial charge is 0.395 e. The van der Waals surface area contributed by atoms with Crippen molar-refractivity contribution in [1.82, 2.24) is 4.90 Å². The van der Waals surface area contributed by atoms with Crippen molar-refractivity contribution in [3.05, 3.63) is 35.9 Å². The van der Waals surface area contributed by atoms with Gasteiger partial charge in [0, 0.05) is 13.6 Å². The number of hydrogen-bond acceptors (Lipinski definition) is 3. The van der Waals surface area contributed by atoms with Gasteiger partial charge in [0.1, 0.15) is 5.92 Å². The van der Waals surface area contributed by atoms with Gasteiger partial charge in [-0.25, -0.2) is 0 Å². The summed E-state index contributed by atoms with van der Waals surface area (Å²) in [7, 11) is 1.59. The average molecular weight is 232 g/mol. The molecule has 1 unspecified atom stereocenters. The Morgan fingerprint density at radius 1 is 1.47 bits per heavy atom. The van der Waals surface area contributed by atoms with Gasteiger partial charge in [-0.1, -0.05) is 30.3 Å². The minimum absolute atomic E-state index is 0.0915. The van der Waals surface area contributed by atoms with E-state index >= 15 is 0 Å². The van der Waals surface area contributed by atoms with Crippen molar-refractivity contribution in [3.8, 4) is 6.07 Å². The molecule has 1 aromatic rings. The van der Waals surface area contributed by atoms with E-state index in [1.807, 2.05) is 36.4 Å². The highest BCUT2D eigenvalue weighted by Crippen LogP contribution is 2.10. The first-order chi connectivity index (χ1) is 8.19. The maximum Gasteiger partial charge on any atom is 0.240 e. The fraction of sp³-hybridized carbons (Fsp3) is 0.385. The van der Waals surface area contributed by atoms with Crippen molar-refractivity contribution in [3.63, 3.8) is 0 Å². The summed E-state index contributed by atoms with van der Waals surface area (Å²) in [4.78, 5) is 13.2. The molecule has 0 bridgehead atoms. The smallest absolute Gasteiger partial charge is 0.240 e. The number of rotatable bonds is 5. The predicted molar refractivity (Wildman–Crippen MR) is 64.0 cm³/mol. The van der Waals surface area contributed by atoms with E-state index in [1.54, 1.807) is 7.05 Å². The van der Waals surface area contributed by atoms with Gasteiger partial charge in [0.15, 0.2) is 0 Å². The Labute approximate surface area is 101 Å². The molecule has 4 heteroatoms. The number of carbonyl (C=O) groups excluding carboxylic acids is 1. The molecule has 1 atom stereocenters. The Hall–Kier alpha value is -1.86. The Morgan fingerprint density at radius 2 is 2.12 bits per heavy atom. The molecule has 0 aliphatic rings. The number of amides is 1. The molecule has 0 aliphatic heterocycles. The lowest BCUT2D eigenvalue weighted by molar-refractivity contribution is -0.132. The molecule has 1 rings (SSSR count). The zero-order valence-corrected chi connectivity index (χ0v) is 9.84. The van der Waals surface area contributed by atoms with Crippen molar-refractivity contribution >= 4 is 5.91 Å². The molecule has 17 heavy (non-hydrogen) atoms. The van der Waals surface area contributed by atoms with Gasteiger partial charge in [0.05, 0.1) is 12.7 Å². The first-order valence-corrected chi connectivity index (χ1v) is 5.48. The van der Waals surface area contributed by atoms with Crippen LogP contribution >= 0.6 is 0 Å². The molecule has 0 fully saturated rings. The molecule has 1 N–H and O–H groups in total. The summed E-state index contributed by atoms with van der Waals surface area (Å²) in [5.74, 6) is -0.931. The first kappa shape index (κ1) is 13.2. The number of nitriles is 1. The van der Waals surface area contributed by atoms with Crippen molar-refractivity contribution in [1.29, 1.82) is 5.26 Å². The van der Waals surface area contributed by atoms with Crippen LogP contribution in [-0.2, 0) is 11.2 Å². The molecule has 0 radical (unpaired) electrons. The zero-order valence-electron chi connectivity index (χ0n) is 9.84. The molecule has 0 saturated heterocycles. The van der Waals surface area contributed by atoms with Crippen LogP contribution in [0.5, 0.6) is 0 Å².